The predicted octanol–water partition coefficient (Wildman–Crippen LogP) is 4.33. The van der Waals surface area contributed by atoms with Crippen molar-refractivity contribution in [2.45, 2.75) is 65.2 Å². The number of nitrogens with zero attached hydrogens (tertiary/aromatic N) is 1. The molecule has 1 saturated carbocycles. The summed E-state index contributed by atoms with van der Waals surface area (Å²) in [7, 11) is 0. The van der Waals surface area contributed by atoms with E-state index in [1.54, 1.807) is 0 Å². The first-order valence-electron chi connectivity index (χ1n) is 8.40. The van der Waals surface area contributed by atoms with E-state index < -0.39 is 0 Å². The van der Waals surface area contributed by atoms with Crippen molar-refractivity contribution in [1.82, 2.24) is 4.90 Å². The van der Waals surface area contributed by atoms with Gasteiger partial charge in [-0.3, -0.25) is 0 Å². The fraction of sp³-hybridized carbons (Fsp3) is 0.889. The van der Waals surface area contributed by atoms with E-state index in [1.165, 1.54) is 64.6 Å². The van der Waals surface area contributed by atoms with Crippen LogP contribution in [0.4, 0.5) is 0 Å². The lowest BCUT2D eigenvalue weighted by molar-refractivity contribution is 0.136. The highest BCUT2D eigenvalue weighted by atomic mass is 15.1. The summed E-state index contributed by atoms with van der Waals surface area (Å²) in [4.78, 5) is 2.74. The maximum absolute atomic E-state index is 3.21. The molecule has 108 valence electrons. The minimum Gasteiger partial charge on any atom is -0.303 e. The van der Waals surface area contributed by atoms with Crippen LogP contribution in [0.5, 0.6) is 0 Å². The third-order valence-electron chi connectivity index (χ3n) is 5.21. The van der Waals surface area contributed by atoms with Gasteiger partial charge in [0.2, 0.25) is 0 Å². The average molecular weight is 261 g/mol. The minimum atomic E-state index is 0.948. The molecular weight excluding hydrogens is 230 g/mol. The summed E-state index contributed by atoms with van der Waals surface area (Å²) in [6.07, 6.45) is 11.2. The summed E-state index contributed by atoms with van der Waals surface area (Å²) in [5, 5.41) is 0. The first-order chi connectivity index (χ1) is 9.28. The van der Waals surface area contributed by atoms with Crippen molar-refractivity contribution in [2.24, 2.45) is 17.8 Å². The topological polar surface area (TPSA) is 3.24 Å². The van der Waals surface area contributed by atoms with Crippen LogP contribution in [0.25, 0.3) is 0 Å². The van der Waals surface area contributed by atoms with Crippen LogP contribution in [0.1, 0.15) is 65.2 Å². The van der Waals surface area contributed by atoms with E-state index in [-0.39, 0.29) is 0 Å². The van der Waals surface area contributed by atoms with Crippen LogP contribution >= 0.6 is 0 Å². The van der Waals surface area contributed by atoms with Crippen LogP contribution in [0.2, 0.25) is 0 Å². The maximum Gasteiger partial charge on any atom is 0.00912 e. The third-order valence-corrected chi connectivity index (χ3v) is 5.21. The van der Waals surface area contributed by atoms with Gasteiger partial charge < -0.3 is 4.90 Å². The van der Waals surface area contributed by atoms with E-state index in [2.05, 4.69) is 23.7 Å². The summed E-state index contributed by atoms with van der Waals surface area (Å²) in [6.45, 7) is 8.44. The molecule has 0 bridgehead atoms. The first kappa shape index (κ1) is 14.9. The van der Waals surface area contributed by atoms with Gasteiger partial charge in [0.1, 0.15) is 0 Å². The van der Waals surface area contributed by atoms with Crippen molar-refractivity contribution >= 4 is 0 Å². The Labute approximate surface area is 120 Å². The SMILES string of the molecule is CC#CCCC1CCN(CC2CCC(C)CC2)CC1. The first-order valence-corrected chi connectivity index (χ1v) is 8.40. The van der Waals surface area contributed by atoms with Crippen LogP contribution in [0.3, 0.4) is 0 Å². The summed E-state index contributed by atoms with van der Waals surface area (Å²) in [5.41, 5.74) is 0. The van der Waals surface area contributed by atoms with E-state index in [1.807, 2.05) is 6.92 Å². The molecule has 0 unspecified atom stereocenters. The Kier molecular flexibility index (Phi) is 6.24. The number of hydrogen-bond acceptors (Lipinski definition) is 1. The lowest BCUT2D eigenvalue weighted by Gasteiger charge is -2.36. The van der Waals surface area contributed by atoms with Gasteiger partial charge in [-0.1, -0.05) is 19.8 Å². The largest absolute Gasteiger partial charge is 0.303 e. The Morgan fingerprint density at radius 2 is 1.63 bits per heavy atom. The second-order valence-electron chi connectivity index (χ2n) is 6.84. The van der Waals surface area contributed by atoms with Gasteiger partial charge in [-0.2, -0.15) is 0 Å². The highest BCUT2D eigenvalue weighted by Crippen LogP contribution is 2.30. The van der Waals surface area contributed by atoms with Gasteiger partial charge in [-0.15, -0.1) is 11.8 Å². The van der Waals surface area contributed by atoms with Crippen LogP contribution < -0.4 is 0 Å². The van der Waals surface area contributed by atoms with Gasteiger partial charge >= 0.3 is 0 Å². The molecule has 0 radical (unpaired) electrons. The van der Waals surface area contributed by atoms with Gasteiger partial charge in [0.05, 0.1) is 0 Å². The molecule has 0 amide bonds. The van der Waals surface area contributed by atoms with E-state index in [9.17, 15) is 0 Å². The fourth-order valence-corrected chi connectivity index (χ4v) is 3.74. The second-order valence-corrected chi connectivity index (χ2v) is 6.84. The van der Waals surface area contributed by atoms with Crippen molar-refractivity contribution in [2.75, 3.05) is 19.6 Å². The second kappa shape index (κ2) is 7.95. The monoisotopic (exact) mass is 261 g/mol. The van der Waals surface area contributed by atoms with Gasteiger partial charge in [0.15, 0.2) is 0 Å². The van der Waals surface area contributed by atoms with E-state index in [0.717, 1.165) is 24.2 Å². The molecule has 1 aliphatic heterocycles. The van der Waals surface area contributed by atoms with Crippen molar-refractivity contribution in [3.05, 3.63) is 0 Å². The summed E-state index contributed by atoms with van der Waals surface area (Å²) < 4.78 is 0. The molecule has 0 aromatic heterocycles. The molecule has 0 aromatic rings. The molecular formula is C18H31N. The van der Waals surface area contributed by atoms with Crippen LogP contribution in [0, 0.1) is 29.6 Å². The highest BCUT2D eigenvalue weighted by molar-refractivity contribution is 4.95. The van der Waals surface area contributed by atoms with Crippen molar-refractivity contribution < 1.29 is 0 Å². The molecule has 1 heteroatoms. The Morgan fingerprint density at radius 1 is 0.947 bits per heavy atom. The average Bonchev–Trinajstić information content (AvgIpc) is 2.44. The normalized spacial score (nSPS) is 29.8. The van der Waals surface area contributed by atoms with Gasteiger partial charge in [-0.25, -0.2) is 0 Å². The smallest absolute Gasteiger partial charge is 0.00912 e. The van der Waals surface area contributed by atoms with E-state index >= 15 is 0 Å². The van der Waals surface area contributed by atoms with Gasteiger partial charge in [-0.05, 0) is 69.9 Å². The van der Waals surface area contributed by atoms with Crippen LogP contribution in [-0.4, -0.2) is 24.5 Å². The molecule has 1 nitrogen and oxygen atoms in total. The number of rotatable bonds is 4. The van der Waals surface area contributed by atoms with E-state index in [0.29, 0.717) is 0 Å². The quantitative estimate of drug-likeness (QED) is 0.681. The molecule has 0 N–H and O–H groups in total. The Balaban J connectivity index is 1.61. The van der Waals surface area contributed by atoms with Crippen LogP contribution in [0.15, 0.2) is 0 Å². The zero-order valence-electron chi connectivity index (χ0n) is 13.0. The summed E-state index contributed by atoms with van der Waals surface area (Å²) >= 11 is 0. The molecule has 2 fully saturated rings. The zero-order valence-corrected chi connectivity index (χ0v) is 13.0. The summed E-state index contributed by atoms with van der Waals surface area (Å²) in [5.74, 6) is 9.16. The maximum atomic E-state index is 3.21. The van der Waals surface area contributed by atoms with Gasteiger partial charge in [0, 0.05) is 13.0 Å². The standard InChI is InChI=1S/C18H31N/c1-3-4-5-6-17-11-13-19(14-12-17)15-18-9-7-16(2)8-10-18/h16-18H,5-15H2,1-2H3. The predicted molar refractivity (Wildman–Crippen MR) is 83.0 cm³/mol. The molecule has 0 aromatic carbocycles. The molecule has 1 aliphatic carbocycles. The Morgan fingerprint density at radius 3 is 2.26 bits per heavy atom. The molecule has 0 atom stereocenters. The molecule has 2 rings (SSSR count). The Bertz CT molecular complexity index is 295. The molecule has 0 spiro atoms. The molecule has 2 aliphatic rings. The third kappa shape index (κ3) is 5.19. The van der Waals surface area contributed by atoms with Crippen molar-refractivity contribution in [3.63, 3.8) is 0 Å². The fourth-order valence-electron chi connectivity index (χ4n) is 3.74. The highest BCUT2D eigenvalue weighted by Gasteiger charge is 2.23. The van der Waals surface area contributed by atoms with E-state index in [4.69, 9.17) is 0 Å². The minimum absolute atomic E-state index is 0.948. The summed E-state index contributed by atoms with van der Waals surface area (Å²) in [6, 6.07) is 0. The number of likely N-dealkylation sites (tertiary alicyclic amines) is 1. The number of piperidine rings is 1. The lowest BCUT2D eigenvalue weighted by atomic mass is 9.82. The lowest BCUT2D eigenvalue weighted by Crippen LogP contribution is -2.37. The Hall–Kier alpha value is -0.480. The molecule has 1 heterocycles. The zero-order chi connectivity index (χ0) is 13.5. The number of hydrogen-bond donors (Lipinski definition) is 0. The van der Waals surface area contributed by atoms with Crippen LogP contribution in [-0.2, 0) is 0 Å². The van der Waals surface area contributed by atoms with Gasteiger partial charge in [0.25, 0.3) is 0 Å². The van der Waals surface area contributed by atoms with Crippen molar-refractivity contribution in [1.29, 1.82) is 0 Å². The van der Waals surface area contributed by atoms with Crippen molar-refractivity contribution in [3.8, 4) is 11.8 Å². The molecule has 1 saturated heterocycles. The molecule has 19 heavy (non-hydrogen) atoms.